The van der Waals surface area contributed by atoms with Gasteiger partial charge < -0.3 is 19.4 Å². The average molecular weight is 883 g/mol. The Bertz CT molecular complexity index is 1340. The highest BCUT2D eigenvalue weighted by Gasteiger charge is 2.49. The van der Waals surface area contributed by atoms with Gasteiger partial charge in [0.25, 0.3) is 0 Å². The average Bonchev–Trinajstić information content (AvgIpc) is 3.56. The van der Waals surface area contributed by atoms with Crippen molar-refractivity contribution in [3.05, 3.63) is 0 Å². The Morgan fingerprint density at radius 3 is 1.30 bits per heavy atom. The molecule has 368 valence electrons. The first-order valence-electron chi connectivity index (χ1n) is 26.8. The molecular formula is C54H106N8O. The fourth-order valence-corrected chi connectivity index (χ4v) is 14.5. The van der Waals surface area contributed by atoms with E-state index in [0.717, 1.165) is 79.2 Å². The van der Waals surface area contributed by atoms with Gasteiger partial charge in [-0.25, -0.2) is 0 Å². The molecule has 0 amide bonds. The zero-order valence-electron chi connectivity index (χ0n) is 45.0. The van der Waals surface area contributed by atoms with Crippen LogP contribution < -0.4 is 0 Å². The summed E-state index contributed by atoms with van der Waals surface area (Å²) in [6.07, 6.45) is 13.0. The SMILES string of the molecule is CC(C)C1C[C@H]2CC[C@@H](C1)N2C.CC(C)N1C2CC1CN(C)C2.CC(C)N1CC2COCC(C1)N2C.CC1(C)[C@@H]2CC[C@H]1CN(C(C)(C)C)C2.CN1CC2CCC(C1)N2C(C)(C)C. The minimum atomic E-state index is 0.368. The Morgan fingerprint density at radius 1 is 0.476 bits per heavy atom. The van der Waals surface area contributed by atoms with E-state index in [-0.39, 0.29) is 0 Å². The van der Waals surface area contributed by atoms with Gasteiger partial charge in [0.05, 0.1) is 13.2 Å². The second-order valence-corrected chi connectivity index (χ2v) is 26.4. The van der Waals surface area contributed by atoms with Crippen molar-refractivity contribution in [3.8, 4) is 0 Å². The molecular weight excluding hydrogens is 777 g/mol. The van der Waals surface area contributed by atoms with Crippen molar-refractivity contribution in [3.63, 3.8) is 0 Å². The highest BCUT2D eigenvalue weighted by atomic mass is 16.5. The summed E-state index contributed by atoms with van der Waals surface area (Å²) in [4.78, 5) is 20.7. The fraction of sp³-hybridized carbons (Fsp3) is 1.00. The molecule has 11 atom stereocenters. The van der Waals surface area contributed by atoms with Crippen molar-refractivity contribution in [2.45, 2.75) is 226 Å². The number of fused-ring (bicyclic) bond motifs is 10. The Kier molecular flexibility index (Phi) is 17.4. The third-order valence-corrected chi connectivity index (χ3v) is 18.7. The Balaban J connectivity index is 0.000000131. The van der Waals surface area contributed by atoms with Crippen LogP contribution in [-0.4, -0.2) is 204 Å². The van der Waals surface area contributed by atoms with Crippen LogP contribution in [0.1, 0.15) is 155 Å². The lowest BCUT2D eigenvalue weighted by Crippen LogP contribution is -2.69. The van der Waals surface area contributed by atoms with E-state index in [2.05, 4.69) is 164 Å². The maximum absolute atomic E-state index is 5.57. The van der Waals surface area contributed by atoms with E-state index in [1.807, 2.05) is 0 Å². The van der Waals surface area contributed by atoms with Gasteiger partial charge in [-0.3, -0.25) is 24.5 Å². The predicted octanol–water partition coefficient (Wildman–Crippen LogP) is 8.42. The van der Waals surface area contributed by atoms with Crippen molar-refractivity contribution in [1.29, 1.82) is 0 Å². The predicted molar refractivity (Wildman–Crippen MR) is 269 cm³/mol. The summed E-state index contributed by atoms with van der Waals surface area (Å²) in [5.74, 6) is 3.81. The van der Waals surface area contributed by atoms with Gasteiger partial charge >= 0.3 is 0 Å². The minimum Gasteiger partial charge on any atom is -0.378 e. The van der Waals surface area contributed by atoms with Crippen LogP contribution in [0, 0.1) is 29.1 Å². The van der Waals surface area contributed by atoms with E-state index in [4.69, 9.17) is 4.74 Å². The van der Waals surface area contributed by atoms with Crippen LogP contribution in [-0.2, 0) is 4.74 Å². The molecule has 10 bridgehead atoms. The molecule has 0 aromatic rings. The number of nitrogens with zero attached hydrogens (tertiary/aromatic N) is 8. The highest BCUT2D eigenvalue weighted by Crippen LogP contribution is 2.52. The number of morpholine rings is 1. The highest BCUT2D eigenvalue weighted by molar-refractivity contribution is 5.03. The number of rotatable bonds is 3. The number of ether oxygens (including phenoxy) is 1. The van der Waals surface area contributed by atoms with Gasteiger partial charge in [-0.1, -0.05) is 27.7 Å². The molecule has 0 aromatic carbocycles. The van der Waals surface area contributed by atoms with Gasteiger partial charge in [-0.2, -0.15) is 0 Å². The molecule has 9 heteroatoms. The van der Waals surface area contributed by atoms with E-state index in [9.17, 15) is 0 Å². The van der Waals surface area contributed by atoms with Gasteiger partial charge in [-0.05, 0) is 184 Å². The Hall–Kier alpha value is -0.360. The molecule has 9 nitrogen and oxygen atoms in total. The summed E-state index contributed by atoms with van der Waals surface area (Å²) >= 11 is 0. The molecule has 10 heterocycles. The molecule has 0 radical (unpaired) electrons. The number of likely N-dealkylation sites (tertiary alicyclic amines) is 2. The standard InChI is InChI=1S/C13H25N.C11H22N2.C11H21N.C10H20N2O.C9H18N2/c1-12(2,3)14-8-10-6-7-11(9-14)13(10,4)5;1-11(2,3)13-9-5-6-10(13)8-12(4)7-9;1-8(2)9-6-10-4-5-11(7-9)12(10)3;1-8(2)12-4-9-6-13-7-10(5-12)11(9)3;1-7(2)11-8-4-9(11)6-10(3)5-8/h10-11H,6-9H2,1-5H3;9-10H,5-8H2,1-4H3;8-11H,4-7H2,1-3H3;8-10H,4-7H2,1-3H3;7-9H,4-6H2,1-3H3/t10-,11+;;9?,10-,11+;;. The lowest BCUT2D eigenvalue weighted by molar-refractivity contribution is -0.0910. The van der Waals surface area contributed by atoms with Crippen LogP contribution in [0.15, 0.2) is 0 Å². The molecule has 11 aliphatic rings. The summed E-state index contributed by atoms with van der Waals surface area (Å²) in [6.45, 7) is 45.0. The summed E-state index contributed by atoms with van der Waals surface area (Å²) in [6, 6.07) is 7.92. The first kappa shape index (κ1) is 52.0. The van der Waals surface area contributed by atoms with Crippen molar-refractivity contribution >= 4 is 0 Å². The van der Waals surface area contributed by atoms with Crippen LogP contribution in [0.2, 0.25) is 0 Å². The lowest BCUT2D eigenvalue weighted by atomic mass is 9.72. The number of piperidine rings is 3. The Labute approximate surface area is 391 Å². The van der Waals surface area contributed by atoms with E-state index in [1.54, 1.807) is 0 Å². The quantitative estimate of drug-likeness (QED) is 0.278. The van der Waals surface area contributed by atoms with Crippen molar-refractivity contribution in [2.24, 2.45) is 29.1 Å². The Morgan fingerprint density at radius 2 is 0.905 bits per heavy atom. The van der Waals surface area contributed by atoms with Gasteiger partial charge in [0.15, 0.2) is 0 Å². The van der Waals surface area contributed by atoms with Crippen LogP contribution in [0.4, 0.5) is 0 Å². The first-order chi connectivity index (χ1) is 29.3. The number of hydrogen-bond donors (Lipinski definition) is 0. The van der Waals surface area contributed by atoms with Crippen LogP contribution in [0.3, 0.4) is 0 Å². The molecule has 0 N–H and O–H groups in total. The molecule has 63 heavy (non-hydrogen) atoms. The second-order valence-electron chi connectivity index (χ2n) is 26.4. The smallest absolute Gasteiger partial charge is 0.0635 e. The molecule has 1 saturated carbocycles. The van der Waals surface area contributed by atoms with E-state index < -0.39 is 0 Å². The van der Waals surface area contributed by atoms with E-state index in [1.165, 1.54) is 110 Å². The molecule has 11 fully saturated rings. The zero-order chi connectivity index (χ0) is 46.3. The molecule has 0 aromatic heterocycles. The van der Waals surface area contributed by atoms with Crippen LogP contribution >= 0.6 is 0 Å². The summed E-state index contributed by atoms with van der Waals surface area (Å²) in [5, 5.41) is 0. The maximum atomic E-state index is 5.57. The van der Waals surface area contributed by atoms with Gasteiger partial charge in [0, 0.05) is 124 Å². The third-order valence-electron chi connectivity index (χ3n) is 18.7. The molecule has 10 aliphatic heterocycles. The van der Waals surface area contributed by atoms with Crippen molar-refractivity contribution in [2.75, 3.05) is 93.8 Å². The summed E-state index contributed by atoms with van der Waals surface area (Å²) in [7, 11) is 9.04. The normalized spacial score (nSPS) is 38.5. The van der Waals surface area contributed by atoms with E-state index >= 15 is 0 Å². The fourth-order valence-electron chi connectivity index (χ4n) is 14.5. The van der Waals surface area contributed by atoms with Crippen LogP contribution in [0.5, 0.6) is 0 Å². The van der Waals surface area contributed by atoms with Gasteiger partial charge in [-0.15, -0.1) is 0 Å². The first-order valence-corrected chi connectivity index (χ1v) is 26.8. The molecule has 0 spiro atoms. The monoisotopic (exact) mass is 883 g/mol. The zero-order valence-corrected chi connectivity index (χ0v) is 45.0. The van der Waals surface area contributed by atoms with Crippen molar-refractivity contribution in [1.82, 2.24) is 39.2 Å². The van der Waals surface area contributed by atoms with Gasteiger partial charge in [0.1, 0.15) is 0 Å². The minimum absolute atomic E-state index is 0.368. The van der Waals surface area contributed by atoms with Crippen LogP contribution in [0.25, 0.3) is 0 Å². The topological polar surface area (TPSA) is 35.2 Å². The van der Waals surface area contributed by atoms with E-state index in [0.29, 0.717) is 34.6 Å². The molecule has 10 saturated heterocycles. The summed E-state index contributed by atoms with van der Waals surface area (Å²) < 4.78 is 5.57. The second kappa shape index (κ2) is 21.1. The van der Waals surface area contributed by atoms with Crippen molar-refractivity contribution < 1.29 is 4.74 Å². The third kappa shape index (κ3) is 12.5. The number of piperazine rings is 3. The molecule has 1 aliphatic carbocycles. The number of hydrogen-bond acceptors (Lipinski definition) is 9. The largest absolute Gasteiger partial charge is 0.378 e. The summed E-state index contributed by atoms with van der Waals surface area (Å²) in [5.41, 5.74) is 1.35. The molecule has 7 unspecified atom stereocenters. The number of likely N-dealkylation sites (N-methyl/N-ethyl adjacent to an activating group) is 3. The van der Waals surface area contributed by atoms with Gasteiger partial charge in [0.2, 0.25) is 0 Å². The molecule has 11 rings (SSSR count). The lowest BCUT2D eigenvalue weighted by Gasteiger charge is -2.57. The maximum Gasteiger partial charge on any atom is 0.0635 e.